The molecule has 3 heteroatoms. The van der Waals surface area contributed by atoms with Gasteiger partial charge in [0.2, 0.25) is 0 Å². The van der Waals surface area contributed by atoms with Gasteiger partial charge >= 0.3 is 0 Å². The minimum absolute atomic E-state index is 0.113. The van der Waals surface area contributed by atoms with Crippen LogP contribution < -0.4 is 10.1 Å². The minimum Gasteiger partial charge on any atom is -0.493 e. The maximum Gasteiger partial charge on any atom is 0.126 e. The van der Waals surface area contributed by atoms with Gasteiger partial charge in [-0.15, -0.1) is 0 Å². The Bertz CT molecular complexity index is 461. The van der Waals surface area contributed by atoms with E-state index in [-0.39, 0.29) is 5.54 Å². The summed E-state index contributed by atoms with van der Waals surface area (Å²) in [6.07, 6.45) is 4.02. The first kappa shape index (κ1) is 15.8. The van der Waals surface area contributed by atoms with Crippen molar-refractivity contribution in [1.29, 1.82) is 0 Å². The van der Waals surface area contributed by atoms with Gasteiger partial charge in [0, 0.05) is 22.1 Å². The van der Waals surface area contributed by atoms with Crippen molar-refractivity contribution >= 4 is 15.9 Å². The molecule has 1 N–H and O–H groups in total. The summed E-state index contributed by atoms with van der Waals surface area (Å²) in [6, 6.07) is 4.30. The fourth-order valence-electron chi connectivity index (χ4n) is 2.36. The van der Waals surface area contributed by atoms with Gasteiger partial charge in [0.25, 0.3) is 0 Å². The molecule has 1 fully saturated rings. The average Bonchev–Trinajstić information content (AvgIpc) is 2.25. The number of ether oxygens (including phenoxy) is 1. The monoisotopic (exact) mass is 339 g/mol. The van der Waals surface area contributed by atoms with Crippen molar-refractivity contribution < 1.29 is 4.74 Å². The predicted octanol–water partition coefficient (Wildman–Crippen LogP) is 4.82. The van der Waals surface area contributed by atoms with E-state index in [1.807, 2.05) is 0 Å². The second kappa shape index (κ2) is 6.48. The molecule has 20 heavy (non-hydrogen) atoms. The van der Waals surface area contributed by atoms with Gasteiger partial charge < -0.3 is 10.1 Å². The fraction of sp³-hybridized carbons (Fsp3) is 0.647. The van der Waals surface area contributed by atoms with Crippen LogP contribution in [0.1, 0.15) is 51.2 Å². The van der Waals surface area contributed by atoms with Crippen LogP contribution in [0.15, 0.2) is 16.6 Å². The van der Waals surface area contributed by atoms with Gasteiger partial charge in [-0.25, -0.2) is 0 Å². The summed E-state index contributed by atoms with van der Waals surface area (Å²) in [6.45, 7) is 10.4. The molecule has 0 spiro atoms. The molecule has 0 amide bonds. The lowest BCUT2D eigenvalue weighted by atomic mass is 9.86. The lowest BCUT2D eigenvalue weighted by molar-refractivity contribution is 0.178. The summed E-state index contributed by atoms with van der Waals surface area (Å²) in [5.74, 6) is 1.83. The summed E-state index contributed by atoms with van der Waals surface area (Å²) in [7, 11) is 0. The summed E-state index contributed by atoms with van der Waals surface area (Å²) in [5, 5.41) is 3.55. The van der Waals surface area contributed by atoms with Crippen LogP contribution in [0.3, 0.4) is 0 Å². The van der Waals surface area contributed by atoms with Crippen LogP contribution in [0, 0.1) is 12.8 Å². The van der Waals surface area contributed by atoms with E-state index in [1.54, 1.807) is 0 Å². The number of benzene rings is 1. The lowest BCUT2D eigenvalue weighted by Crippen LogP contribution is -2.35. The Hall–Kier alpha value is -0.540. The highest BCUT2D eigenvalue weighted by Crippen LogP contribution is 2.32. The summed E-state index contributed by atoms with van der Waals surface area (Å²) in [4.78, 5) is 0. The summed E-state index contributed by atoms with van der Waals surface area (Å²) in [5.41, 5.74) is 2.57. The van der Waals surface area contributed by atoms with Crippen molar-refractivity contribution in [3.05, 3.63) is 27.7 Å². The molecule has 0 atom stereocenters. The molecule has 1 aromatic rings. The third kappa shape index (κ3) is 4.49. The molecule has 1 aromatic carbocycles. The molecule has 0 bridgehead atoms. The van der Waals surface area contributed by atoms with E-state index >= 15 is 0 Å². The van der Waals surface area contributed by atoms with Gasteiger partial charge in [-0.3, -0.25) is 0 Å². The lowest BCUT2D eigenvalue weighted by Gasteiger charge is -2.27. The molecule has 0 heterocycles. The molecule has 1 saturated carbocycles. The van der Waals surface area contributed by atoms with Crippen LogP contribution in [-0.4, -0.2) is 12.1 Å². The molecular weight excluding hydrogens is 314 g/mol. The van der Waals surface area contributed by atoms with Crippen molar-refractivity contribution in [1.82, 2.24) is 5.32 Å². The average molecular weight is 340 g/mol. The van der Waals surface area contributed by atoms with Crippen LogP contribution in [-0.2, 0) is 6.54 Å². The predicted molar refractivity (Wildman–Crippen MR) is 88.3 cm³/mol. The molecule has 112 valence electrons. The first-order valence-electron chi connectivity index (χ1n) is 7.52. The molecule has 0 saturated heterocycles. The quantitative estimate of drug-likeness (QED) is 0.829. The first-order chi connectivity index (χ1) is 9.35. The maximum atomic E-state index is 6.13. The second-order valence-corrected chi connectivity index (χ2v) is 7.84. The van der Waals surface area contributed by atoms with E-state index in [2.05, 4.69) is 61.1 Å². The van der Waals surface area contributed by atoms with Crippen molar-refractivity contribution in [3.63, 3.8) is 0 Å². The zero-order valence-electron chi connectivity index (χ0n) is 13.1. The smallest absolute Gasteiger partial charge is 0.126 e. The number of rotatable bonds is 5. The largest absolute Gasteiger partial charge is 0.493 e. The Balaban J connectivity index is 2.09. The van der Waals surface area contributed by atoms with Gasteiger partial charge in [0.05, 0.1) is 6.61 Å². The van der Waals surface area contributed by atoms with Crippen LogP contribution in [0.4, 0.5) is 0 Å². The van der Waals surface area contributed by atoms with E-state index in [9.17, 15) is 0 Å². The zero-order chi connectivity index (χ0) is 14.8. The van der Waals surface area contributed by atoms with Crippen molar-refractivity contribution in [2.45, 2.75) is 59.0 Å². The molecule has 0 aliphatic heterocycles. The summed E-state index contributed by atoms with van der Waals surface area (Å²) < 4.78 is 7.25. The van der Waals surface area contributed by atoms with Crippen LogP contribution in [0.5, 0.6) is 5.75 Å². The van der Waals surface area contributed by atoms with E-state index < -0.39 is 0 Å². The maximum absolute atomic E-state index is 6.13. The Labute approximate surface area is 131 Å². The Kier molecular flexibility index (Phi) is 5.14. The van der Waals surface area contributed by atoms with E-state index in [1.165, 1.54) is 30.4 Å². The van der Waals surface area contributed by atoms with Crippen molar-refractivity contribution in [2.75, 3.05) is 6.61 Å². The molecule has 0 aromatic heterocycles. The molecule has 0 radical (unpaired) electrons. The normalized spacial score (nSPS) is 16.1. The van der Waals surface area contributed by atoms with Gasteiger partial charge in [0.15, 0.2) is 0 Å². The number of halogens is 1. The first-order valence-corrected chi connectivity index (χ1v) is 8.31. The molecular formula is C17H26BrNO. The molecule has 1 aliphatic rings. The molecule has 0 unspecified atom stereocenters. The topological polar surface area (TPSA) is 21.3 Å². The van der Waals surface area contributed by atoms with E-state index in [0.29, 0.717) is 0 Å². The van der Waals surface area contributed by atoms with Gasteiger partial charge in [-0.2, -0.15) is 0 Å². The zero-order valence-corrected chi connectivity index (χ0v) is 14.6. The standard InChI is InChI=1S/C17H26BrNO/c1-12-8-15(18)9-14(10-19-17(2,3)4)16(12)20-11-13-6-5-7-13/h8-9,13,19H,5-7,10-11H2,1-4H3. The molecule has 2 rings (SSSR count). The molecule has 1 aliphatic carbocycles. The Morgan fingerprint density at radius 2 is 2.00 bits per heavy atom. The highest BCUT2D eigenvalue weighted by Gasteiger charge is 2.20. The van der Waals surface area contributed by atoms with Gasteiger partial charge in [-0.1, -0.05) is 22.4 Å². The second-order valence-electron chi connectivity index (χ2n) is 6.92. The van der Waals surface area contributed by atoms with Crippen LogP contribution in [0.2, 0.25) is 0 Å². The third-order valence-corrected chi connectivity index (χ3v) is 4.27. The molecule has 2 nitrogen and oxygen atoms in total. The Morgan fingerprint density at radius 3 is 2.55 bits per heavy atom. The third-order valence-electron chi connectivity index (χ3n) is 3.81. The minimum atomic E-state index is 0.113. The number of hydrogen-bond acceptors (Lipinski definition) is 2. The van der Waals surface area contributed by atoms with E-state index in [0.717, 1.165) is 29.3 Å². The summed E-state index contributed by atoms with van der Waals surface area (Å²) >= 11 is 3.59. The van der Waals surface area contributed by atoms with Crippen molar-refractivity contribution in [3.8, 4) is 5.75 Å². The SMILES string of the molecule is Cc1cc(Br)cc(CNC(C)(C)C)c1OCC1CCC1. The van der Waals surface area contributed by atoms with Crippen molar-refractivity contribution in [2.24, 2.45) is 5.92 Å². The van der Waals surface area contributed by atoms with Gasteiger partial charge in [0.1, 0.15) is 5.75 Å². The number of hydrogen-bond donors (Lipinski definition) is 1. The number of aryl methyl sites for hydroxylation is 1. The van der Waals surface area contributed by atoms with Gasteiger partial charge in [-0.05, 0) is 64.2 Å². The number of nitrogens with one attached hydrogen (secondary N) is 1. The fourth-order valence-corrected chi connectivity index (χ4v) is 2.98. The van der Waals surface area contributed by atoms with E-state index in [4.69, 9.17) is 4.74 Å². The highest BCUT2D eigenvalue weighted by atomic mass is 79.9. The van der Waals surface area contributed by atoms with Crippen LogP contribution in [0.25, 0.3) is 0 Å². The highest BCUT2D eigenvalue weighted by molar-refractivity contribution is 9.10. The Morgan fingerprint density at radius 1 is 1.30 bits per heavy atom. The van der Waals surface area contributed by atoms with Crippen LogP contribution >= 0.6 is 15.9 Å².